The molecule has 1 unspecified atom stereocenters. The molecular formula is C29H48N4O5SSi. The topological polar surface area (TPSA) is 116 Å². The maximum Gasteiger partial charge on any atom is 0.408 e. The highest BCUT2D eigenvalue weighted by Crippen LogP contribution is 2.42. The summed E-state index contributed by atoms with van der Waals surface area (Å²) in [7, 11) is -2.47. The minimum Gasteiger partial charge on any atom is -0.445 e. The van der Waals surface area contributed by atoms with Crippen molar-refractivity contribution >= 4 is 32.1 Å². The van der Waals surface area contributed by atoms with Gasteiger partial charge in [-0.3, -0.25) is 4.79 Å². The minimum absolute atomic E-state index is 0.107. The van der Waals surface area contributed by atoms with Crippen LogP contribution in [0.2, 0.25) is 18.1 Å². The Morgan fingerprint density at radius 3 is 2.25 bits per heavy atom. The molecule has 0 fully saturated rings. The summed E-state index contributed by atoms with van der Waals surface area (Å²) in [6.45, 7) is 19.0. The number of hydrogen-bond acceptors (Lipinski definition) is 8. The van der Waals surface area contributed by atoms with Crippen molar-refractivity contribution in [3.63, 3.8) is 0 Å². The molecule has 0 radical (unpaired) electrons. The van der Waals surface area contributed by atoms with Crippen LogP contribution in [0, 0.1) is 11.8 Å². The summed E-state index contributed by atoms with van der Waals surface area (Å²) >= 11 is 1.33. The molecule has 0 saturated heterocycles. The van der Waals surface area contributed by atoms with Gasteiger partial charge in [0.05, 0.1) is 0 Å². The molecule has 1 heterocycles. The lowest BCUT2D eigenvalue weighted by Gasteiger charge is -2.45. The first-order valence-corrected chi connectivity index (χ1v) is 18.1. The fourth-order valence-corrected chi connectivity index (χ4v) is 5.50. The first-order valence-electron chi connectivity index (χ1n) is 14.0. The van der Waals surface area contributed by atoms with E-state index in [1.807, 2.05) is 50.4 Å². The van der Waals surface area contributed by atoms with Crippen LogP contribution in [0.25, 0.3) is 0 Å². The van der Waals surface area contributed by atoms with Crippen LogP contribution < -0.4 is 10.6 Å². The second kappa shape index (κ2) is 14.5. The number of ether oxygens (including phenoxy) is 1. The third-order valence-electron chi connectivity index (χ3n) is 7.11. The second-order valence-corrected chi connectivity index (χ2v) is 18.1. The number of carbonyl (C=O) groups excluding carboxylic acids is 2. The molecule has 0 spiro atoms. The first-order chi connectivity index (χ1) is 18.6. The summed E-state index contributed by atoms with van der Waals surface area (Å²) in [4.78, 5) is 31.4. The number of aromatic nitrogens is 2. The standard InChI is InChI=1S/C29H48N4O5SSi/c1-20(2)16-17-29(25-31-27(39-8)37-33-25,38-40(9,10)28(5,6)7)32-24(34)23(18-21(3)4)30-26(35)36-19-22-14-12-11-13-15-22/h11-15,20-21,23H,16-19H2,1-10H3,(H,30,35)(H,32,34)/t23-,29?/m0/s1. The van der Waals surface area contributed by atoms with Gasteiger partial charge < -0.3 is 24.3 Å². The quantitative estimate of drug-likeness (QED) is 0.139. The van der Waals surface area contributed by atoms with Crippen molar-refractivity contribution in [3.05, 3.63) is 41.7 Å². The number of carbonyl (C=O) groups is 2. The van der Waals surface area contributed by atoms with Crippen LogP contribution in [-0.4, -0.2) is 42.8 Å². The molecule has 0 aliphatic heterocycles. The Morgan fingerprint density at radius 2 is 1.73 bits per heavy atom. The van der Waals surface area contributed by atoms with Crippen molar-refractivity contribution in [3.8, 4) is 0 Å². The number of hydrogen-bond donors (Lipinski definition) is 2. The van der Waals surface area contributed by atoms with Gasteiger partial charge >= 0.3 is 6.09 Å². The maximum atomic E-state index is 14.0. The van der Waals surface area contributed by atoms with E-state index in [1.165, 1.54) is 11.8 Å². The highest BCUT2D eigenvalue weighted by Gasteiger charge is 2.49. The van der Waals surface area contributed by atoms with Crippen LogP contribution in [0.5, 0.6) is 0 Å². The zero-order valence-corrected chi connectivity index (χ0v) is 27.6. The van der Waals surface area contributed by atoms with E-state index in [9.17, 15) is 9.59 Å². The van der Waals surface area contributed by atoms with E-state index >= 15 is 0 Å². The first kappa shape index (κ1) is 33.8. The molecule has 0 aliphatic carbocycles. The van der Waals surface area contributed by atoms with E-state index in [0.29, 0.717) is 24.0 Å². The van der Waals surface area contributed by atoms with Crippen molar-refractivity contribution in [2.75, 3.05) is 6.26 Å². The molecule has 2 rings (SSSR count). The average molecular weight is 593 g/mol. The lowest BCUT2D eigenvalue weighted by molar-refractivity contribution is -0.132. The van der Waals surface area contributed by atoms with E-state index in [4.69, 9.17) is 13.7 Å². The minimum atomic E-state index is -2.47. The number of nitrogens with one attached hydrogen (secondary N) is 2. The Balaban J connectivity index is 2.42. The lowest BCUT2D eigenvalue weighted by Crippen LogP contribution is -2.60. The highest BCUT2D eigenvalue weighted by molar-refractivity contribution is 7.98. The van der Waals surface area contributed by atoms with Gasteiger partial charge in [-0.05, 0) is 54.6 Å². The normalized spacial score (nSPS) is 14.6. The summed E-state index contributed by atoms with van der Waals surface area (Å²) in [5.74, 6) is 0.363. The molecule has 0 bridgehead atoms. The van der Waals surface area contributed by atoms with E-state index in [2.05, 4.69) is 68.5 Å². The summed E-state index contributed by atoms with van der Waals surface area (Å²) < 4.78 is 17.9. The van der Waals surface area contributed by atoms with Gasteiger partial charge in [0.25, 0.3) is 5.22 Å². The number of alkyl carbamates (subject to hydrolysis) is 1. The molecule has 40 heavy (non-hydrogen) atoms. The SMILES string of the molecule is CSc1nc(C(CCC(C)C)(NC(=O)[C@H](CC(C)C)NC(=O)OCc2ccccc2)O[Si](C)(C)C(C)(C)C)no1. The van der Waals surface area contributed by atoms with Gasteiger partial charge in [-0.25, -0.2) is 4.79 Å². The van der Waals surface area contributed by atoms with Crippen LogP contribution in [-0.2, 0) is 26.3 Å². The lowest BCUT2D eigenvalue weighted by atomic mass is 9.98. The maximum absolute atomic E-state index is 14.0. The van der Waals surface area contributed by atoms with Crippen molar-refractivity contribution < 1.29 is 23.3 Å². The van der Waals surface area contributed by atoms with Crippen LogP contribution in [0.3, 0.4) is 0 Å². The summed E-state index contributed by atoms with van der Waals surface area (Å²) in [5, 5.41) is 10.4. The Hall–Kier alpha value is -2.37. The molecule has 0 saturated carbocycles. The third kappa shape index (κ3) is 9.92. The largest absolute Gasteiger partial charge is 0.445 e. The molecule has 11 heteroatoms. The smallest absolute Gasteiger partial charge is 0.408 e. The van der Waals surface area contributed by atoms with Gasteiger partial charge in [0.1, 0.15) is 12.6 Å². The van der Waals surface area contributed by atoms with Crippen molar-refractivity contribution in [2.24, 2.45) is 11.8 Å². The van der Waals surface area contributed by atoms with Crippen molar-refractivity contribution in [2.45, 2.75) is 109 Å². The summed E-state index contributed by atoms with van der Waals surface area (Å²) in [6, 6.07) is 8.56. The molecule has 1 aromatic heterocycles. The average Bonchev–Trinajstić information content (AvgIpc) is 3.35. The van der Waals surface area contributed by atoms with Gasteiger partial charge in [-0.1, -0.05) is 95.7 Å². The van der Waals surface area contributed by atoms with Gasteiger partial charge in [0.2, 0.25) is 11.7 Å². The number of nitrogens with zero attached hydrogens (tertiary/aromatic N) is 2. The number of benzene rings is 1. The van der Waals surface area contributed by atoms with Crippen molar-refractivity contribution in [1.82, 2.24) is 20.8 Å². The highest BCUT2D eigenvalue weighted by atomic mass is 32.2. The summed E-state index contributed by atoms with van der Waals surface area (Å²) in [5.41, 5.74) is -0.466. The zero-order valence-electron chi connectivity index (χ0n) is 25.8. The summed E-state index contributed by atoms with van der Waals surface area (Å²) in [6.07, 6.45) is 2.80. The Bertz CT molecular complexity index is 1090. The number of thioether (sulfide) groups is 1. The molecule has 2 aromatic rings. The monoisotopic (exact) mass is 592 g/mol. The van der Waals surface area contributed by atoms with Gasteiger partial charge in [-0.2, -0.15) is 4.98 Å². The van der Waals surface area contributed by atoms with E-state index in [0.717, 1.165) is 12.0 Å². The van der Waals surface area contributed by atoms with Gasteiger partial charge in [-0.15, -0.1) is 0 Å². The fraction of sp³-hybridized carbons (Fsp3) is 0.655. The fourth-order valence-electron chi connectivity index (χ4n) is 3.79. The number of amides is 2. The van der Waals surface area contributed by atoms with Crippen LogP contribution in [0.4, 0.5) is 4.79 Å². The molecule has 2 N–H and O–H groups in total. The van der Waals surface area contributed by atoms with Gasteiger partial charge in [0, 0.05) is 6.42 Å². The molecule has 1 aromatic carbocycles. The van der Waals surface area contributed by atoms with Crippen LogP contribution in [0.15, 0.2) is 40.1 Å². The van der Waals surface area contributed by atoms with Crippen molar-refractivity contribution in [1.29, 1.82) is 0 Å². The molecule has 0 aliphatic rings. The zero-order chi connectivity index (χ0) is 30.1. The Labute approximate surface area is 245 Å². The molecule has 2 atom stereocenters. The van der Waals surface area contributed by atoms with E-state index in [1.54, 1.807) is 0 Å². The molecular weight excluding hydrogens is 544 g/mol. The molecule has 224 valence electrons. The van der Waals surface area contributed by atoms with Crippen LogP contribution in [0.1, 0.15) is 79.1 Å². The molecule has 9 nitrogen and oxygen atoms in total. The Morgan fingerprint density at radius 1 is 1.07 bits per heavy atom. The second-order valence-electron chi connectivity index (χ2n) is 12.6. The van der Waals surface area contributed by atoms with Gasteiger partial charge in [0.15, 0.2) is 14.0 Å². The van der Waals surface area contributed by atoms with E-state index < -0.39 is 26.2 Å². The predicted molar refractivity (Wildman–Crippen MR) is 161 cm³/mol. The third-order valence-corrected chi connectivity index (χ3v) is 12.1. The molecule has 2 amide bonds. The van der Waals surface area contributed by atoms with E-state index in [-0.39, 0.29) is 29.3 Å². The number of rotatable bonds is 14. The predicted octanol–water partition coefficient (Wildman–Crippen LogP) is 6.86. The Kier molecular flexibility index (Phi) is 12.3. The van der Waals surface area contributed by atoms with Crippen LogP contribution >= 0.6 is 11.8 Å².